The van der Waals surface area contributed by atoms with Crippen LogP contribution in [0.15, 0.2) is 0 Å². The number of carboxylic acid groups (broad SMARTS) is 2. The molecule has 3 aliphatic rings. The van der Waals surface area contributed by atoms with Crippen LogP contribution in [-0.2, 0) is 0 Å². The second kappa shape index (κ2) is 4.14. The highest BCUT2D eigenvalue weighted by molar-refractivity contribution is 5.53. The van der Waals surface area contributed by atoms with Crippen LogP contribution in [0.25, 0.3) is 0 Å². The first-order valence-corrected chi connectivity index (χ1v) is 7.10. The number of carbonyl (C=O) groups is 1. The maximum atomic E-state index is 8.56. The van der Waals surface area contributed by atoms with Gasteiger partial charge in [-0.3, -0.25) is 0 Å². The van der Waals surface area contributed by atoms with E-state index in [1.807, 2.05) is 0 Å². The van der Waals surface area contributed by atoms with Crippen molar-refractivity contribution < 1.29 is 15.0 Å². The quantitative estimate of drug-likeness (QED) is 0.771. The Morgan fingerprint density at radius 1 is 1.22 bits per heavy atom. The molecule has 3 rings (SSSR count). The lowest BCUT2D eigenvalue weighted by Gasteiger charge is -2.35. The lowest BCUT2D eigenvalue weighted by atomic mass is 9.69. The van der Waals surface area contributed by atoms with E-state index in [2.05, 4.69) is 27.7 Å². The van der Waals surface area contributed by atoms with Gasteiger partial charge in [-0.05, 0) is 60.2 Å². The molecule has 3 nitrogen and oxygen atoms in total. The third-order valence-electron chi connectivity index (χ3n) is 6.34. The molecule has 0 radical (unpaired) electrons. The summed E-state index contributed by atoms with van der Waals surface area (Å²) in [4.78, 5) is 8.56. The Labute approximate surface area is 110 Å². The number of fused-ring (bicyclic) bond motifs is 1. The second-order valence-corrected chi connectivity index (χ2v) is 7.46. The Morgan fingerprint density at radius 3 is 2.06 bits per heavy atom. The van der Waals surface area contributed by atoms with Crippen molar-refractivity contribution in [3.8, 4) is 0 Å². The molecule has 3 aliphatic carbocycles. The van der Waals surface area contributed by atoms with Crippen molar-refractivity contribution in [1.29, 1.82) is 0 Å². The maximum Gasteiger partial charge on any atom is 0.503 e. The maximum absolute atomic E-state index is 8.56. The van der Waals surface area contributed by atoms with Crippen molar-refractivity contribution in [2.24, 2.45) is 34.5 Å². The number of rotatable bonds is 2. The molecule has 0 aliphatic heterocycles. The molecule has 5 atom stereocenters. The monoisotopic (exact) mass is 254 g/mol. The predicted octanol–water partition coefficient (Wildman–Crippen LogP) is 4.33. The zero-order chi connectivity index (χ0) is 13.7. The van der Waals surface area contributed by atoms with Gasteiger partial charge in [0.1, 0.15) is 0 Å². The Bertz CT molecular complexity index is 346. The van der Waals surface area contributed by atoms with E-state index in [1.54, 1.807) is 12.8 Å². The van der Waals surface area contributed by atoms with Crippen LogP contribution in [0, 0.1) is 34.5 Å². The van der Waals surface area contributed by atoms with Crippen molar-refractivity contribution in [2.75, 3.05) is 0 Å². The van der Waals surface area contributed by atoms with Gasteiger partial charge in [-0.2, -0.15) is 0 Å². The molecule has 0 aromatic rings. The van der Waals surface area contributed by atoms with E-state index in [0.717, 1.165) is 29.1 Å². The van der Waals surface area contributed by atoms with Crippen LogP contribution in [0.4, 0.5) is 4.79 Å². The summed E-state index contributed by atoms with van der Waals surface area (Å²) in [5, 5.41) is 13.9. The summed E-state index contributed by atoms with van der Waals surface area (Å²) < 4.78 is 0. The van der Waals surface area contributed by atoms with Crippen LogP contribution in [0.2, 0.25) is 0 Å². The Hall–Kier alpha value is -0.730. The summed E-state index contributed by atoms with van der Waals surface area (Å²) in [6.07, 6.45) is 4.30. The van der Waals surface area contributed by atoms with Gasteiger partial charge < -0.3 is 10.2 Å². The Kier molecular flexibility index (Phi) is 3.15. The van der Waals surface area contributed by atoms with Gasteiger partial charge in [0.25, 0.3) is 0 Å². The van der Waals surface area contributed by atoms with Gasteiger partial charge >= 0.3 is 6.16 Å². The molecule has 18 heavy (non-hydrogen) atoms. The minimum Gasteiger partial charge on any atom is -0.450 e. The van der Waals surface area contributed by atoms with E-state index < -0.39 is 6.16 Å². The molecule has 0 spiro atoms. The molecule has 0 saturated heterocycles. The van der Waals surface area contributed by atoms with Crippen LogP contribution < -0.4 is 0 Å². The average Bonchev–Trinajstić information content (AvgIpc) is 3.04. The highest BCUT2D eigenvalue weighted by Gasteiger charge is 2.67. The first-order chi connectivity index (χ1) is 8.18. The van der Waals surface area contributed by atoms with Crippen LogP contribution in [0.1, 0.15) is 53.4 Å². The lowest BCUT2D eigenvalue weighted by molar-refractivity contribution is 0.135. The molecule has 0 heterocycles. The molecule has 104 valence electrons. The molecule has 0 aromatic heterocycles. The van der Waals surface area contributed by atoms with Gasteiger partial charge in [0.05, 0.1) is 0 Å². The van der Waals surface area contributed by atoms with E-state index in [1.165, 1.54) is 12.8 Å². The zero-order valence-corrected chi connectivity index (χ0v) is 11.9. The molecule has 3 heteroatoms. The van der Waals surface area contributed by atoms with E-state index in [4.69, 9.17) is 15.0 Å². The number of hydrogen-bond donors (Lipinski definition) is 2. The van der Waals surface area contributed by atoms with Crippen molar-refractivity contribution in [3.05, 3.63) is 0 Å². The smallest absolute Gasteiger partial charge is 0.450 e. The van der Waals surface area contributed by atoms with Gasteiger partial charge in [-0.1, -0.05) is 27.7 Å². The Morgan fingerprint density at radius 2 is 1.72 bits per heavy atom. The summed E-state index contributed by atoms with van der Waals surface area (Å²) in [6.45, 7) is 10.0. The first-order valence-electron chi connectivity index (χ1n) is 7.10. The molecule has 0 aromatic carbocycles. The topological polar surface area (TPSA) is 57.5 Å². The van der Waals surface area contributed by atoms with E-state index in [9.17, 15) is 0 Å². The fourth-order valence-corrected chi connectivity index (χ4v) is 4.17. The van der Waals surface area contributed by atoms with E-state index >= 15 is 0 Å². The summed E-state index contributed by atoms with van der Waals surface area (Å²) in [5.41, 5.74) is 1.37. The molecule has 3 saturated carbocycles. The second-order valence-electron chi connectivity index (χ2n) is 7.46. The molecular formula is C15H26O3. The standard InChI is InChI=1S/C14H24.CH2O3/c1-9-5-10(9)6-11-7-12-8-14(12,4)13(11,2)3;2-1(3)4/h9-12H,5-8H2,1-4H3;(H2,2,3,4). The molecule has 2 N–H and O–H groups in total. The molecule has 0 bridgehead atoms. The number of hydrogen-bond acceptors (Lipinski definition) is 1. The molecule has 0 amide bonds. The van der Waals surface area contributed by atoms with E-state index in [0.29, 0.717) is 5.41 Å². The first kappa shape index (κ1) is 13.7. The minimum atomic E-state index is -1.83. The van der Waals surface area contributed by atoms with Crippen LogP contribution in [-0.4, -0.2) is 16.4 Å². The van der Waals surface area contributed by atoms with Crippen LogP contribution in [0.3, 0.4) is 0 Å². The fourth-order valence-electron chi connectivity index (χ4n) is 4.17. The van der Waals surface area contributed by atoms with Crippen molar-refractivity contribution in [2.45, 2.75) is 53.4 Å². The molecule has 5 unspecified atom stereocenters. The van der Waals surface area contributed by atoms with Crippen molar-refractivity contribution in [3.63, 3.8) is 0 Å². The van der Waals surface area contributed by atoms with Gasteiger partial charge in [0.15, 0.2) is 0 Å². The van der Waals surface area contributed by atoms with Crippen LogP contribution in [0.5, 0.6) is 0 Å². The van der Waals surface area contributed by atoms with Crippen molar-refractivity contribution >= 4 is 6.16 Å². The summed E-state index contributed by atoms with van der Waals surface area (Å²) in [6, 6.07) is 0. The summed E-state index contributed by atoms with van der Waals surface area (Å²) in [5.74, 6) is 4.29. The highest BCUT2D eigenvalue weighted by atomic mass is 16.6. The van der Waals surface area contributed by atoms with Gasteiger partial charge in [0.2, 0.25) is 0 Å². The predicted molar refractivity (Wildman–Crippen MR) is 70.6 cm³/mol. The summed E-state index contributed by atoms with van der Waals surface area (Å²) >= 11 is 0. The summed E-state index contributed by atoms with van der Waals surface area (Å²) in [7, 11) is 0. The van der Waals surface area contributed by atoms with Gasteiger partial charge in [0, 0.05) is 0 Å². The van der Waals surface area contributed by atoms with Crippen molar-refractivity contribution in [1.82, 2.24) is 0 Å². The lowest BCUT2D eigenvalue weighted by Crippen LogP contribution is -2.28. The zero-order valence-electron chi connectivity index (χ0n) is 11.9. The fraction of sp³-hybridized carbons (Fsp3) is 0.933. The minimum absolute atomic E-state index is 0.639. The average molecular weight is 254 g/mol. The largest absolute Gasteiger partial charge is 0.503 e. The third-order valence-corrected chi connectivity index (χ3v) is 6.34. The SMILES string of the molecule is CC1CC1CC1CC2CC2(C)C1(C)C.O=C(O)O. The third kappa shape index (κ3) is 2.24. The van der Waals surface area contributed by atoms with Gasteiger partial charge in [-0.15, -0.1) is 0 Å². The molecule has 3 fully saturated rings. The molecular weight excluding hydrogens is 228 g/mol. The Balaban J connectivity index is 0.000000267. The van der Waals surface area contributed by atoms with E-state index in [-0.39, 0.29) is 0 Å². The normalized spacial score (nSPS) is 46.7. The van der Waals surface area contributed by atoms with Crippen LogP contribution >= 0.6 is 0 Å². The van der Waals surface area contributed by atoms with Gasteiger partial charge in [-0.25, -0.2) is 4.79 Å². The highest BCUT2D eigenvalue weighted by Crippen LogP contribution is 2.75.